The third kappa shape index (κ3) is 6.04. The van der Waals surface area contributed by atoms with Gasteiger partial charge in [-0.05, 0) is 48.3 Å². The molecular formula is C24H29ClN2O3S. The first-order chi connectivity index (χ1) is 14.6. The Morgan fingerprint density at radius 2 is 2.06 bits per heavy atom. The Labute approximate surface area is 192 Å². The first-order valence-electron chi connectivity index (χ1n) is 10.2. The number of benzene rings is 1. The van der Waals surface area contributed by atoms with Crippen molar-refractivity contribution in [2.75, 3.05) is 25.6 Å². The van der Waals surface area contributed by atoms with Gasteiger partial charge in [0.05, 0.1) is 23.1 Å². The summed E-state index contributed by atoms with van der Waals surface area (Å²) in [6, 6.07) is 9.74. The monoisotopic (exact) mass is 460 g/mol. The Hall–Kier alpha value is -1.99. The van der Waals surface area contributed by atoms with Crippen molar-refractivity contribution in [1.29, 1.82) is 0 Å². The SMILES string of the molecule is C.Nc1nccc2cc(CCC(=O)c3cc(Cl)c(COCC4CCOCC4)s3)ccc12. The van der Waals surface area contributed by atoms with Crippen molar-refractivity contribution in [2.24, 2.45) is 5.92 Å². The molecule has 1 aliphatic rings. The number of nitrogens with zero attached hydrogens (tertiary/aromatic N) is 1. The van der Waals surface area contributed by atoms with E-state index in [1.165, 1.54) is 11.3 Å². The third-order valence-corrected chi connectivity index (χ3v) is 7.06. The lowest BCUT2D eigenvalue weighted by Gasteiger charge is -2.21. The number of anilines is 1. The molecule has 0 spiro atoms. The predicted octanol–water partition coefficient (Wildman–Crippen LogP) is 5.93. The molecule has 4 rings (SSSR count). The molecule has 7 heteroatoms. The fourth-order valence-corrected chi connectivity index (χ4v) is 4.96. The summed E-state index contributed by atoms with van der Waals surface area (Å²) in [5.41, 5.74) is 7.01. The molecule has 3 heterocycles. The van der Waals surface area contributed by atoms with Crippen molar-refractivity contribution in [3.8, 4) is 0 Å². The summed E-state index contributed by atoms with van der Waals surface area (Å²) in [5, 5.41) is 2.59. The zero-order chi connectivity index (χ0) is 20.9. The first kappa shape index (κ1) is 23.7. The number of rotatable bonds is 8. The number of pyridine rings is 1. The van der Waals surface area contributed by atoms with Crippen molar-refractivity contribution in [1.82, 2.24) is 4.98 Å². The molecule has 0 aliphatic carbocycles. The van der Waals surface area contributed by atoms with Gasteiger partial charge in [-0.3, -0.25) is 4.79 Å². The van der Waals surface area contributed by atoms with Gasteiger partial charge in [0.2, 0.25) is 0 Å². The molecule has 1 aliphatic heterocycles. The number of hydrogen-bond acceptors (Lipinski definition) is 6. The van der Waals surface area contributed by atoms with Gasteiger partial charge in [0.15, 0.2) is 5.78 Å². The smallest absolute Gasteiger partial charge is 0.173 e. The predicted molar refractivity (Wildman–Crippen MR) is 128 cm³/mol. The number of hydrogen-bond donors (Lipinski definition) is 1. The van der Waals surface area contributed by atoms with Crippen LogP contribution in [-0.4, -0.2) is 30.6 Å². The second-order valence-corrected chi connectivity index (χ2v) is 9.17. The van der Waals surface area contributed by atoms with E-state index in [2.05, 4.69) is 11.1 Å². The third-order valence-electron chi connectivity index (χ3n) is 5.46. The largest absolute Gasteiger partial charge is 0.383 e. The lowest BCUT2D eigenvalue weighted by atomic mass is 10.0. The average molecular weight is 461 g/mol. The minimum Gasteiger partial charge on any atom is -0.383 e. The Kier molecular flexibility index (Phi) is 8.43. The van der Waals surface area contributed by atoms with E-state index in [0.29, 0.717) is 47.7 Å². The molecule has 3 aromatic rings. The number of fused-ring (bicyclic) bond motifs is 1. The minimum absolute atomic E-state index is 0. The minimum atomic E-state index is 0. The van der Waals surface area contributed by atoms with Crippen LogP contribution < -0.4 is 5.73 Å². The summed E-state index contributed by atoms with van der Waals surface area (Å²) in [6.07, 6.45) is 4.89. The lowest BCUT2D eigenvalue weighted by molar-refractivity contribution is 0.0163. The van der Waals surface area contributed by atoms with E-state index in [0.717, 1.165) is 47.3 Å². The number of ketones is 1. The fourth-order valence-electron chi connectivity index (χ4n) is 3.66. The van der Waals surface area contributed by atoms with Gasteiger partial charge in [0.25, 0.3) is 0 Å². The van der Waals surface area contributed by atoms with Crippen molar-refractivity contribution in [3.05, 3.63) is 56.9 Å². The molecule has 0 bridgehead atoms. The summed E-state index contributed by atoms with van der Waals surface area (Å²) >= 11 is 7.79. The highest BCUT2D eigenvalue weighted by Crippen LogP contribution is 2.30. The van der Waals surface area contributed by atoms with Gasteiger partial charge in [-0.25, -0.2) is 4.98 Å². The van der Waals surface area contributed by atoms with Gasteiger partial charge < -0.3 is 15.2 Å². The summed E-state index contributed by atoms with van der Waals surface area (Å²) in [6.45, 7) is 2.79. The maximum atomic E-state index is 12.7. The van der Waals surface area contributed by atoms with Crippen LogP contribution in [0.3, 0.4) is 0 Å². The van der Waals surface area contributed by atoms with E-state index < -0.39 is 0 Å². The Morgan fingerprint density at radius 3 is 2.87 bits per heavy atom. The number of thiophene rings is 1. The van der Waals surface area contributed by atoms with Crippen LogP contribution in [0.4, 0.5) is 5.82 Å². The fraction of sp³-hybridized carbons (Fsp3) is 0.417. The van der Waals surface area contributed by atoms with Crippen molar-refractivity contribution in [3.63, 3.8) is 0 Å². The number of nitrogens with two attached hydrogens (primary N) is 1. The van der Waals surface area contributed by atoms with Gasteiger partial charge >= 0.3 is 0 Å². The van der Waals surface area contributed by atoms with E-state index in [1.807, 2.05) is 18.2 Å². The highest BCUT2D eigenvalue weighted by Gasteiger charge is 2.17. The average Bonchev–Trinajstić information content (AvgIpc) is 3.13. The summed E-state index contributed by atoms with van der Waals surface area (Å²) in [5.74, 6) is 1.17. The van der Waals surface area contributed by atoms with Crippen LogP contribution in [0, 0.1) is 5.92 Å². The van der Waals surface area contributed by atoms with E-state index >= 15 is 0 Å². The zero-order valence-electron chi connectivity index (χ0n) is 16.7. The molecule has 0 radical (unpaired) electrons. The standard InChI is InChI=1S/C23H25ClN2O3S.CH4/c24-19-12-21(30-22(19)14-29-13-16-6-9-28-10-7-16)20(27)4-2-15-1-3-18-17(11-15)5-8-26-23(18)25;/h1,3,5,8,11-12,16H,2,4,6-7,9-10,13-14H2,(H2,25,26);1H4. The van der Waals surface area contributed by atoms with Crippen molar-refractivity contribution >= 4 is 45.3 Å². The molecule has 0 unspecified atom stereocenters. The molecule has 1 saturated heterocycles. The van der Waals surface area contributed by atoms with Crippen LogP contribution >= 0.6 is 22.9 Å². The van der Waals surface area contributed by atoms with Crippen LogP contribution in [0.15, 0.2) is 36.5 Å². The maximum absolute atomic E-state index is 12.7. The second kappa shape index (κ2) is 11.0. The molecule has 5 nitrogen and oxygen atoms in total. The molecule has 0 atom stereocenters. The van der Waals surface area contributed by atoms with Crippen LogP contribution in [0.5, 0.6) is 0 Å². The van der Waals surface area contributed by atoms with Crippen molar-refractivity contribution in [2.45, 2.75) is 39.7 Å². The number of nitrogen functional groups attached to an aromatic ring is 1. The summed E-state index contributed by atoms with van der Waals surface area (Å²) in [7, 11) is 0. The Balaban J connectivity index is 0.00000272. The van der Waals surface area contributed by atoms with Crippen LogP contribution in [0.25, 0.3) is 10.8 Å². The Bertz CT molecular complexity index is 1030. The molecule has 166 valence electrons. The van der Waals surface area contributed by atoms with Gasteiger partial charge in [0.1, 0.15) is 5.82 Å². The molecule has 1 aromatic carbocycles. The van der Waals surface area contributed by atoms with E-state index in [4.69, 9.17) is 26.8 Å². The number of carbonyl (C=O) groups is 1. The van der Waals surface area contributed by atoms with Gasteiger partial charge in [-0.1, -0.05) is 37.2 Å². The quantitative estimate of drug-likeness (QED) is 0.422. The maximum Gasteiger partial charge on any atom is 0.173 e. The molecular weight excluding hydrogens is 432 g/mol. The molecule has 0 amide bonds. The number of aromatic nitrogens is 1. The van der Waals surface area contributed by atoms with Crippen LogP contribution in [0.1, 0.15) is 46.8 Å². The molecule has 0 saturated carbocycles. The van der Waals surface area contributed by atoms with Gasteiger partial charge in [-0.2, -0.15) is 0 Å². The molecule has 2 N–H and O–H groups in total. The highest BCUT2D eigenvalue weighted by atomic mass is 35.5. The molecule has 31 heavy (non-hydrogen) atoms. The number of halogens is 1. The topological polar surface area (TPSA) is 74.4 Å². The number of Topliss-reactive ketones (excluding diaryl/α,β-unsaturated/α-hetero) is 1. The molecule has 2 aromatic heterocycles. The van der Waals surface area contributed by atoms with E-state index in [-0.39, 0.29) is 13.2 Å². The summed E-state index contributed by atoms with van der Waals surface area (Å²) in [4.78, 5) is 18.4. The first-order valence-corrected chi connectivity index (χ1v) is 11.4. The Morgan fingerprint density at radius 1 is 1.26 bits per heavy atom. The molecule has 1 fully saturated rings. The van der Waals surface area contributed by atoms with Crippen molar-refractivity contribution < 1.29 is 14.3 Å². The second-order valence-electron chi connectivity index (χ2n) is 7.63. The lowest BCUT2D eigenvalue weighted by Crippen LogP contribution is -2.19. The van der Waals surface area contributed by atoms with Gasteiger partial charge in [-0.15, -0.1) is 11.3 Å². The zero-order valence-corrected chi connectivity index (χ0v) is 18.3. The number of aryl methyl sites for hydroxylation is 1. The van der Waals surface area contributed by atoms with Gasteiger partial charge in [0, 0.05) is 36.1 Å². The summed E-state index contributed by atoms with van der Waals surface area (Å²) < 4.78 is 11.2. The van der Waals surface area contributed by atoms with Crippen LogP contribution in [0.2, 0.25) is 5.02 Å². The number of ether oxygens (including phenoxy) is 2. The number of carbonyl (C=O) groups excluding carboxylic acids is 1. The normalized spacial score (nSPS) is 14.5. The van der Waals surface area contributed by atoms with Crippen LogP contribution in [-0.2, 0) is 22.5 Å². The highest BCUT2D eigenvalue weighted by molar-refractivity contribution is 7.14. The van der Waals surface area contributed by atoms with E-state index in [9.17, 15) is 4.79 Å². The van der Waals surface area contributed by atoms with E-state index in [1.54, 1.807) is 12.3 Å².